The highest BCUT2D eigenvalue weighted by atomic mass is 16.5. The van der Waals surface area contributed by atoms with Crippen molar-refractivity contribution >= 4 is 0 Å². The third kappa shape index (κ3) is 4.23. The molecule has 0 amide bonds. The minimum Gasteiger partial charge on any atom is -0.489 e. The van der Waals surface area contributed by atoms with Crippen molar-refractivity contribution in [3.63, 3.8) is 0 Å². The van der Waals surface area contributed by atoms with Crippen molar-refractivity contribution in [2.24, 2.45) is 17.1 Å². The average molecular weight is 289 g/mol. The molecule has 3 unspecified atom stereocenters. The highest BCUT2D eigenvalue weighted by Crippen LogP contribution is 2.38. The van der Waals surface area contributed by atoms with Gasteiger partial charge in [0, 0.05) is 6.04 Å². The van der Waals surface area contributed by atoms with Gasteiger partial charge in [-0.1, -0.05) is 46.8 Å². The van der Waals surface area contributed by atoms with E-state index < -0.39 is 0 Å². The van der Waals surface area contributed by atoms with E-state index in [1.54, 1.807) is 0 Å². The van der Waals surface area contributed by atoms with Crippen molar-refractivity contribution in [3.8, 4) is 5.75 Å². The highest BCUT2D eigenvalue weighted by Gasteiger charge is 2.35. The van der Waals surface area contributed by atoms with Crippen LogP contribution < -0.4 is 10.5 Å². The standard InChI is InChI=1S/C19H31NO/c1-13(2)14-6-9-16(10-7-14)21-18-12-15(19(3,4)5)8-11-17(18)20/h6-7,9-10,13,15,17-18H,8,11-12,20H2,1-5H3. The summed E-state index contributed by atoms with van der Waals surface area (Å²) >= 11 is 0. The van der Waals surface area contributed by atoms with E-state index in [2.05, 4.69) is 58.9 Å². The molecule has 118 valence electrons. The van der Waals surface area contributed by atoms with Gasteiger partial charge in [0.05, 0.1) is 0 Å². The average Bonchev–Trinajstić information content (AvgIpc) is 2.40. The highest BCUT2D eigenvalue weighted by molar-refractivity contribution is 5.29. The summed E-state index contributed by atoms with van der Waals surface area (Å²) in [7, 11) is 0. The van der Waals surface area contributed by atoms with E-state index in [-0.39, 0.29) is 12.1 Å². The van der Waals surface area contributed by atoms with Gasteiger partial charge < -0.3 is 10.5 Å². The SMILES string of the molecule is CC(C)c1ccc(OC2CC(C(C)(C)C)CCC2N)cc1. The van der Waals surface area contributed by atoms with Crippen LogP contribution in [0.4, 0.5) is 0 Å². The topological polar surface area (TPSA) is 35.2 Å². The molecule has 1 aromatic carbocycles. The minimum absolute atomic E-state index is 0.146. The molecule has 1 aliphatic carbocycles. The Bertz CT molecular complexity index is 444. The Hall–Kier alpha value is -1.02. The molecule has 2 nitrogen and oxygen atoms in total. The first-order valence-electron chi connectivity index (χ1n) is 8.29. The lowest BCUT2D eigenvalue weighted by atomic mass is 9.70. The summed E-state index contributed by atoms with van der Waals surface area (Å²) in [6.07, 6.45) is 3.50. The van der Waals surface area contributed by atoms with Crippen LogP contribution in [0.3, 0.4) is 0 Å². The molecule has 0 spiro atoms. The molecule has 2 rings (SSSR count). The Labute approximate surface area is 130 Å². The van der Waals surface area contributed by atoms with E-state index in [1.165, 1.54) is 12.0 Å². The lowest BCUT2D eigenvalue weighted by Crippen LogP contribution is -2.46. The summed E-state index contributed by atoms with van der Waals surface area (Å²) in [5.41, 5.74) is 7.97. The molecule has 0 radical (unpaired) electrons. The Morgan fingerprint density at radius 1 is 1.10 bits per heavy atom. The predicted octanol–water partition coefficient (Wildman–Crippen LogP) is 4.73. The third-order valence-corrected chi connectivity index (χ3v) is 4.90. The van der Waals surface area contributed by atoms with Gasteiger partial charge in [-0.2, -0.15) is 0 Å². The first-order chi connectivity index (χ1) is 9.77. The number of benzene rings is 1. The Balaban J connectivity index is 2.03. The van der Waals surface area contributed by atoms with Gasteiger partial charge in [-0.25, -0.2) is 0 Å². The molecular formula is C19H31NO. The van der Waals surface area contributed by atoms with E-state index in [9.17, 15) is 0 Å². The van der Waals surface area contributed by atoms with Crippen LogP contribution in [0.5, 0.6) is 5.75 Å². The van der Waals surface area contributed by atoms with Crippen LogP contribution >= 0.6 is 0 Å². The van der Waals surface area contributed by atoms with Crippen molar-refractivity contribution in [1.29, 1.82) is 0 Å². The third-order valence-electron chi connectivity index (χ3n) is 4.90. The Kier molecular flexibility index (Phi) is 4.98. The zero-order valence-electron chi connectivity index (χ0n) is 14.2. The summed E-state index contributed by atoms with van der Waals surface area (Å²) in [6, 6.07) is 8.66. The lowest BCUT2D eigenvalue weighted by Gasteiger charge is -2.40. The molecule has 3 atom stereocenters. The van der Waals surface area contributed by atoms with Crippen molar-refractivity contribution in [1.82, 2.24) is 0 Å². The maximum atomic E-state index is 6.29. The van der Waals surface area contributed by atoms with E-state index in [0.29, 0.717) is 17.3 Å². The molecule has 2 heteroatoms. The summed E-state index contributed by atoms with van der Waals surface area (Å²) < 4.78 is 6.20. The fourth-order valence-electron chi connectivity index (χ4n) is 3.18. The fraction of sp³-hybridized carbons (Fsp3) is 0.684. The number of hydrogen-bond donors (Lipinski definition) is 1. The fourth-order valence-corrected chi connectivity index (χ4v) is 3.18. The maximum Gasteiger partial charge on any atom is 0.119 e. The van der Waals surface area contributed by atoms with E-state index in [4.69, 9.17) is 10.5 Å². The van der Waals surface area contributed by atoms with Crippen LogP contribution in [0, 0.1) is 11.3 Å². The van der Waals surface area contributed by atoms with Crippen LogP contribution in [0.2, 0.25) is 0 Å². The largest absolute Gasteiger partial charge is 0.489 e. The minimum atomic E-state index is 0.146. The molecule has 0 heterocycles. The first-order valence-corrected chi connectivity index (χ1v) is 8.29. The van der Waals surface area contributed by atoms with Gasteiger partial charge in [-0.05, 0) is 54.2 Å². The Morgan fingerprint density at radius 3 is 2.24 bits per heavy atom. The van der Waals surface area contributed by atoms with Crippen LogP contribution in [-0.2, 0) is 0 Å². The van der Waals surface area contributed by atoms with Gasteiger partial charge in [0.15, 0.2) is 0 Å². The van der Waals surface area contributed by atoms with Crippen molar-refractivity contribution in [2.45, 2.75) is 71.9 Å². The predicted molar refractivity (Wildman–Crippen MR) is 89.7 cm³/mol. The second-order valence-corrected chi connectivity index (χ2v) is 7.92. The van der Waals surface area contributed by atoms with E-state index >= 15 is 0 Å². The van der Waals surface area contributed by atoms with E-state index in [1.807, 2.05) is 0 Å². The number of rotatable bonds is 3. The van der Waals surface area contributed by atoms with Gasteiger partial charge in [0.25, 0.3) is 0 Å². The molecule has 2 N–H and O–H groups in total. The van der Waals surface area contributed by atoms with Gasteiger partial charge >= 0.3 is 0 Å². The molecule has 1 fully saturated rings. The summed E-state index contributed by atoms with van der Waals surface area (Å²) in [4.78, 5) is 0. The molecule has 1 aromatic rings. The molecule has 0 aliphatic heterocycles. The number of nitrogens with two attached hydrogens (primary N) is 1. The van der Waals surface area contributed by atoms with Crippen LogP contribution in [0.1, 0.15) is 65.4 Å². The molecule has 0 bridgehead atoms. The second-order valence-electron chi connectivity index (χ2n) is 7.92. The smallest absolute Gasteiger partial charge is 0.119 e. The summed E-state index contributed by atoms with van der Waals surface area (Å²) in [5, 5.41) is 0. The van der Waals surface area contributed by atoms with Crippen molar-refractivity contribution in [2.75, 3.05) is 0 Å². The second kappa shape index (κ2) is 6.39. The first kappa shape index (κ1) is 16.4. The molecule has 1 aliphatic rings. The summed E-state index contributed by atoms with van der Waals surface area (Å²) in [6.45, 7) is 11.4. The van der Waals surface area contributed by atoms with E-state index in [0.717, 1.165) is 18.6 Å². The maximum absolute atomic E-state index is 6.29. The monoisotopic (exact) mass is 289 g/mol. The lowest BCUT2D eigenvalue weighted by molar-refractivity contribution is 0.0592. The van der Waals surface area contributed by atoms with Crippen LogP contribution in [0.25, 0.3) is 0 Å². The van der Waals surface area contributed by atoms with Crippen LogP contribution in [0.15, 0.2) is 24.3 Å². The molecule has 0 saturated heterocycles. The normalized spacial score (nSPS) is 26.9. The zero-order chi connectivity index (χ0) is 15.6. The molecule has 21 heavy (non-hydrogen) atoms. The van der Waals surface area contributed by atoms with Gasteiger partial charge in [-0.15, -0.1) is 0 Å². The van der Waals surface area contributed by atoms with Gasteiger partial charge in [0.2, 0.25) is 0 Å². The van der Waals surface area contributed by atoms with Gasteiger partial charge in [0.1, 0.15) is 11.9 Å². The Morgan fingerprint density at radius 2 is 1.71 bits per heavy atom. The number of ether oxygens (including phenoxy) is 1. The molecule has 1 saturated carbocycles. The van der Waals surface area contributed by atoms with Crippen molar-refractivity contribution in [3.05, 3.63) is 29.8 Å². The van der Waals surface area contributed by atoms with Crippen molar-refractivity contribution < 1.29 is 4.74 Å². The summed E-state index contributed by atoms with van der Waals surface area (Å²) in [5.74, 6) is 2.20. The number of hydrogen-bond acceptors (Lipinski definition) is 2. The molecule has 0 aromatic heterocycles. The van der Waals surface area contributed by atoms with Gasteiger partial charge in [-0.3, -0.25) is 0 Å². The quantitative estimate of drug-likeness (QED) is 0.873. The zero-order valence-corrected chi connectivity index (χ0v) is 14.2. The van der Waals surface area contributed by atoms with Crippen LogP contribution in [-0.4, -0.2) is 12.1 Å². The molecular weight excluding hydrogens is 258 g/mol.